The summed E-state index contributed by atoms with van der Waals surface area (Å²) in [5, 5.41) is 3.27. The van der Waals surface area contributed by atoms with Crippen LogP contribution in [-0.4, -0.2) is 17.7 Å². The molecule has 0 aromatic rings. The van der Waals surface area contributed by atoms with Crippen molar-refractivity contribution < 1.29 is 9.59 Å². The lowest BCUT2D eigenvalue weighted by molar-refractivity contribution is -0.133. The van der Waals surface area contributed by atoms with Gasteiger partial charge in [-0.3, -0.25) is 9.59 Å². The number of ketones is 1. The molecular weight excluding hydrogens is 238 g/mol. The average molecular weight is 263 g/mol. The smallest absolute Gasteiger partial charge is 0.223 e. The summed E-state index contributed by atoms with van der Waals surface area (Å²) < 4.78 is 0. The standard InChI is InChI=1S/C16H25NO2/c1-16(2)7-3-4-13(16)17-15(19)12-8-10-5-6-11(9-12)14(10)18/h10-13H,3-9H2,1-2H3,(H,17,19). The van der Waals surface area contributed by atoms with Gasteiger partial charge >= 0.3 is 0 Å². The Morgan fingerprint density at radius 1 is 1.16 bits per heavy atom. The second kappa shape index (κ2) is 4.60. The normalized spacial score (nSPS) is 40.4. The van der Waals surface area contributed by atoms with Gasteiger partial charge in [0.05, 0.1) is 0 Å². The molecule has 3 rings (SSSR count). The van der Waals surface area contributed by atoms with Crippen LogP contribution in [0.25, 0.3) is 0 Å². The van der Waals surface area contributed by atoms with E-state index in [0.29, 0.717) is 11.8 Å². The second-order valence-electron chi connectivity index (χ2n) is 7.48. The lowest BCUT2D eigenvalue weighted by atomic mass is 9.79. The third kappa shape index (κ3) is 2.32. The van der Waals surface area contributed by atoms with Crippen molar-refractivity contribution in [1.82, 2.24) is 5.32 Å². The van der Waals surface area contributed by atoms with Crippen molar-refractivity contribution in [2.24, 2.45) is 23.2 Å². The molecule has 0 aromatic heterocycles. The van der Waals surface area contributed by atoms with Crippen LogP contribution in [0.2, 0.25) is 0 Å². The van der Waals surface area contributed by atoms with E-state index < -0.39 is 0 Å². The van der Waals surface area contributed by atoms with Crippen molar-refractivity contribution in [3.05, 3.63) is 0 Å². The van der Waals surface area contributed by atoms with E-state index in [4.69, 9.17) is 0 Å². The Labute approximate surface area is 115 Å². The zero-order valence-corrected chi connectivity index (χ0v) is 12.1. The number of Topliss-reactive ketones (excluding diaryl/α,β-unsaturated/α-hetero) is 1. The molecule has 0 heterocycles. The summed E-state index contributed by atoms with van der Waals surface area (Å²) in [6, 6.07) is 0.329. The van der Waals surface area contributed by atoms with Crippen LogP contribution in [0.15, 0.2) is 0 Å². The van der Waals surface area contributed by atoms with Crippen molar-refractivity contribution in [2.45, 2.75) is 64.8 Å². The van der Waals surface area contributed by atoms with Crippen molar-refractivity contribution >= 4 is 11.7 Å². The highest BCUT2D eigenvalue weighted by molar-refractivity contribution is 5.89. The summed E-state index contributed by atoms with van der Waals surface area (Å²) >= 11 is 0. The van der Waals surface area contributed by atoms with E-state index in [1.807, 2.05) is 0 Å². The zero-order valence-electron chi connectivity index (χ0n) is 12.1. The first-order valence-electron chi connectivity index (χ1n) is 7.81. The van der Waals surface area contributed by atoms with Crippen LogP contribution in [0.1, 0.15) is 58.8 Å². The number of fused-ring (bicyclic) bond motifs is 2. The number of amides is 1. The molecule has 3 atom stereocenters. The van der Waals surface area contributed by atoms with Crippen molar-refractivity contribution in [1.29, 1.82) is 0 Å². The number of rotatable bonds is 2. The predicted octanol–water partition coefficient (Wildman–Crippen LogP) is 2.69. The maximum atomic E-state index is 12.4. The maximum absolute atomic E-state index is 12.4. The van der Waals surface area contributed by atoms with Gasteiger partial charge in [0.25, 0.3) is 0 Å². The molecule has 3 fully saturated rings. The molecule has 3 aliphatic carbocycles. The molecule has 0 saturated heterocycles. The Balaban J connectivity index is 1.61. The van der Waals surface area contributed by atoms with Gasteiger partial charge in [-0.25, -0.2) is 0 Å². The van der Waals surface area contributed by atoms with Crippen molar-refractivity contribution in [2.75, 3.05) is 0 Å². The van der Waals surface area contributed by atoms with Crippen LogP contribution in [0.3, 0.4) is 0 Å². The SMILES string of the molecule is CC1(C)CCCC1NC(=O)C1CC2CCC(C1)C2=O. The molecule has 3 nitrogen and oxygen atoms in total. The molecule has 1 amide bonds. The van der Waals surface area contributed by atoms with Crippen LogP contribution in [0, 0.1) is 23.2 Å². The Kier molecular flexibility index (Phi) is 3.18. The molecule has 3 aliphatic rings. The molecule has 1 N–H and O–H groups in total. The number of nitrogens with one attached hydrogen (secondary N) is 1. The van der Waals surface area contributed by atoms with E-state index in [0.717, 1.165) is 32.1 Å². The first-order chi connectivity index (χ1) is 8.97. The zero-order chi connectivity index (χ0) is 13.6. The second-order valence-corrected chi connectivity index (χ2v) is 7.48. The van der Waals surface area contributed by atoms with Gasteiger partial charge in [-0.15, -0.1) is 0 Å². The highest BCUT2D eigenvalue weighted by atomic mass is 16.2. The number of carbonyl (C=O) groups excluding carboxylic acids is 2. The van der Waals surface area contributed by atoms with E-state index in [1.165, 1.54) is 12.8 Å². The fraction of sp³-hybridized carbons (Fsp3) is 0.875. The Morgan fingerprint density at radius 2 is 1.79 bits per heavy atom. The predicted molar refractivity (Wildman–Crippen MR) is 73.5 cm³/mol. The molecule has 106 valence electrons. The molecule has 3 heteroatoms. The van der Waals surface area contributed by atoms with Gasteiger partial charge in [0.1, 0.15) is 5.78 Å². The third-order valence-electron chi connectivity index (χ3n) is 5.75. The minimum atomic E-state index is 0.0894. The van der Waals surface area contributed by atoms with Gasteiger partial charge in [0, 0.05) is 23.8 Å². The van der Waals surface area contributed by atoms with Crippen LogP contribution in [0.5, 0.6) is 0 Å². The summed E-state index contributed by atoms with van der Waals surface area (Å²) in [6.07, 6.45) is 7.16. The van der Waals surface area contributed by atoms with Gasteiger partial charge in [0.2, 0.25) is 5.91 Å². The molecule has 0 aromatic carbocycles. The molecular formula is C16H25NO2. The summed E-state index contributed by atoms with van der Waals surface area (Å²) in [5.41, 5.74) is 0.235. The topological polar surface area (TPSA) is 46.2 Å². The first kappa shape index (κ1) is 13.1. The van der Waals surface area contributed by atoms with Gasteiger partial charge in [0.15, 0.2) is 0 Å². The third-order valence-corrected chi connectivity index (χ3v) is 5.75. The molecule has 3 saturated carbocycles. The number of hydrogen-bond acceptors (Lipinski definition) is 2. The van der Waals surface area contributed by atoms with Crippen LogP contribution >= 0.6 is 0 Å². The largest absolute Gasteiger partial charge is 0.353 e. The summed E-state index contributed by atoms with van der Waals surface area (Å²) in [6.45, 7) is 4.50. The quantitative estimate of drug-likeness (QED) is 0.832. The highest BCUT2D eigenvalue weighted by Crippen LogP contribution is 2.43. The van der Waals surface area contributed by atoms with Crippen LogP contribution in [0.4, 0.5) is 0 Å². The molecule has 0 aliphatic heterocycles. The van der Waals surface area contributed by atoms with E-state index in [2.05, 4.69) is 19.2 Å². The Bertz CT molecular complexity index is 386. The summed E-state index contributed by atoms with van der Waals surface area (Å²) in [5.74, 6) is 1.11. The average Bonchev–Trinajstić information content (AvgIpc) is 2.76. The Morgan fingerprint density at radius 3 is 2.32 bits per heavy atom. The Hall–Kier alpha value is -0.860. The minimum Gasteiger partial charge on any atom is -0.353 e. The van der Waals surface area contributed by atoms with Gasteiger partial charge < -0.3 is 5.32 Å². The first-order valence-corrected chi connectivity index (χ1v) is 7.81. The van der Waals surface area contributed by atoms with Gasteiger partial charge in [-0.2, -0.15) is 0 Å². The van der Waals surface area contributed by atoms with E-state index in [-0.39, 0.29) is 29.1 Å². The lowest BCUT2D eigenvalue weighted by Crippen LogP contribution is -2.46. The van der Waals surface area contributed by atoms with E-state index in [1.54, 1.807) is 0 Å². The van der Waals surface area contributed by atoms with E-state index in [9.17, 15) is 9.59 Å². The molecule has 0 radical (unpaired) electrons. The van der Waals surface area contributed by atoms with Crippen LogP contribution in [-0.2, 0) is 9.59 Å². The van der Waals surface area contributed by atoms with Crippen molar-refractivity contribution in [3.63, 3.8) is 0 Å². The fourth-order valence-electron chi connectivity index (χ4n) is 4.37. The van der Waals surface area contributed by atoms with Gasteiger partial charge in [-0.1, -0.05) is 20.3 Å². The number of hydrogen-bond donors (Lipinski definition) is 1. The van der Waals surface area contributed by atoms with E-state index >= 15 is 0 Å². The molecule has 3 unspecified atom stereocenters. The summed E-state index contributed by atoms with van der Waals surface area (Å²) in [7, 11) is 0. The maximum Gasteiger partial charge on any atom is 0.223 e. The number of carbonyl (C=O) groups is 2. The minimum absolute atomic E-state index is 0.0894. The fourth-order valence-corrected chi connectivity index (χ4v) is 4.37. The van der Waals surface area contributed by atoms with Crippen molar-refractivity contribution in [3.8, 4) is 0 Å². The lowest BCUT2D eigenvalue weighted by Gasteiger charge is -2.31. The summed E-state index contributed by atoms with van der Waals surface area (Å²) in [4.78, 5) is 24.3. The van der Waals surface area contributed by atoms with Gasteiger partial charge in [-0.05, 0) is 43.9 Å². The molecule has 19 heavy (non-hydrogen) atoms. The molecule has 2 bridgehead atoms. The molecule has 0 spiro atoms. The van der Waals surface area contributed by atoms with Crippen LogP contribution < -0.4 is 5.32 Å². The highest BCUT2D eigenvalue weighted by Gasteiger charge is 2.44. The monoisotopic (exact) mass is 263 g/mol.